The van der Waals surface area contributed by atoms with Crippen LogP contribution in [0.3, 0.4) is 0 Å². The Hall–Kier alpha value is -2.54. The molecule has 0 aliphatic rings. The lowest BCUT2D eigenvalue weighted by molar-refractivity contribution is -0.130. The van der Waals surface area contributed by atoms with Gasteiger partial charge in [0.05, 0.1) is 7.11 Å². The topological polar surface area (TPSA) is 83.4 Å². The zero-order valence-corrected chi connectivity index (χ0v) is 15.3. The predicted molar refractivity (Wildman–Crippen MR) is 98.9 cm³/mol. The van der Waals surface area contributed by atoms with E-state index in [2.05, 4.69) is 15.2 Å². The summed E-state index contributed by atoms with van der Waals surface area (Å²) in [4.78, 5) is 18.3. The molecule has 138 valence electrons. The molecule has 2 N–H and O–H groups in total. The number of hydrogen-bond acceptors (Lipinski definition) is 6. The molecule has 1 aromatic rings. The number of nitrogens with zero attached hydrogens (tertiary/aromatic N) is 2. The Bertz CT molecular complexity index is 612. The van der Waals surface area contributed by atoms with Gasteiger partial charge in [-0.1, -0.05) is 6.07 Å². The van der Waals surface area contributed by atoms with Crippen molar-refractivity contribution in [3.63, 3.8) is 0 Å². The molecule has 0 radical (unpaired) electrons. The smallest absolute Gasteiger partial charge is 0.338 e. The van der Waals surface area contributed by atoms with Crippen LogP contribution in [0.4, 0.5) is 0 Å². The summed E-state index contributed by atoms with van der Waals surface area (Å²) in [5.74, 6) is -0.146. The average Bonchev–Trinajstić information content (AvgIpc) is 2.58. The molecule has 0 saturated carbocycles. The summed E-state index contributed by atoms with van der Waals surface area (Å²) in [7, 11) is 5.46. The summed E-state index contributed by atoms with van der Waals surface area (Å²) >= 11 is 0. The highest BCUT2D eigenvalue weighted by molar-refractivity contribution is 5.95. The Morgan fingerprint density at radius 3 is 2.80 bits per heavy atom. The monoisotopic (exact) mass is 349 g/mol. The van der Waals surface area contributed by atoms with Crippen LogP contribution in [-0.4, -0.2) is 62.8 Å². The van der Waals surface area contributed by atoms with Gasteiger partial charge in [0.15, 0.2) is 11.5 Å². The van der Waals surface area contributed by atoms with Gasteiger partial charge in [0.1, 0.15) is 0 Å². The summed E-state index contributed by atoms with van der Waals surface area (Å²) in [5, 5.41) is 12.5. The third-order valence-corrected chi connectivity index (χ3v) is 3.16. The maximum Gasteiger partial charge on any atom is 0.338 e. The highest BCUT2D eigenvalue weighted by Gasteiger charge is 2.05. The SMILES string of the molecule is CCNC(=NCCCN(C)C)OC(=O)/C=C/c1ccc(O)c(OC)c1. The maximum absolute atomic E-state index is 11.9. The van der Waals surface area contributed by atoms with Crippen molar-refractivity contribution in [2.24, 2.45) is 4.99 Å². The van der Waals surface area contributed by atoms with Crippen molar-refractivity contribution in [3.8, 4) is 11.5 Å². The van der Waals surface area contributed by atoms with Crippen molar-refractivity contribution >= 4 is 18.1 Å². The van der Waals surface area contributed by atoms with Crippen LogP contribution < -0.4 is 10.1 Å². The molecule has 0 aliphatic carbocycles. The summed E-state index contributed by atoms with van der Waals surface area (Å²) < 4.78 is 10.2. The van der Waals surface area contributed by atoms with E-state index < -0.39 is 5.97 Å². The normalized spacial score (nSPS) is 11.8. The number of benzene rings is 1. The molecule has 0 aromatic heterocycles. The molecule has 1 rings (SSSR count). The van der Waals surface area contributed by atoms with E-state index in [1.165, 1.54) is 19.3 Å². The van der Waals surface area contributed by atoms with Gasteiger partial charge in [-0.3, -0.25) is 0 Å². The van der Waals surface area contributed by atoms with Crippen LogP contribution in [-0.2, 0) is 9.53 Å². The van der Waals surface area contributed by atoms with Crippen LogP contribution in [0.5, 0.6) is 11.5 Å². The number of carbonyl (C=O) groups excluding carboxylic acids is 1. The second-order valence-corrected chi connectivity index (χ2v) is 5.56. The first-order valence-corrected chi connectivity index (χ1v) is 8.16. The molecule has 7 heteroatoms. The molecule has 0 aliphatic heterocycles. The van der Waals surface area contributed by atoms with Gasteiger partial charge in [-0.2, -0.15) is 0 Å². The fraction of sp³-hybridized carbons (Fsp3) is 0.444. The van der Waals surface area contributed by atoms with Crippen LogP contribution in [0.25, 0.3) is 6.08 Å². The fourth-order valence-corrected chi connectivity index (χ4v) is 1.93. The van der Waals surface area contributed by atoms with E-state index in [1.807, 2.05) is 21.0 Å². The quantitative estimate of drug-likeness (QED) is 0.245. The maximum atomic E-state index is 11.9. The number of methoxy groups -OCH3 is 1. The summed E-state index contributed by atoms with van der Waals surface area (Å²) in [5.41, 5.74) is 0.708. The molecule has 0 bridgehead atoms. The Morgan fingerprint density at radius 2 is 2.16 bits per heavy atom. The van der Waals surface area contributed by atoms with Gasteiger partial charge >= 0.3 is 5.97 Å². The van der Waals surface area contributed by atoms with Gasteiger partial charge < -0.3 is 24.8 Å². The van der Waals surface area contributed by atoms with Crippen molar-refractivity contribution in [2.45, 2.75) is 13.3 Å². The molecule has 0 fully saturated rings. The van der Waals surface area contributed by atoms with E-state index in [4.69, 9.17) is 9.47 Å². The molecule has 0 atom stereocenters. The van der Waals surface area contributed by atoms with Crippen molar-refractivity contribution in [2.75, 3.05) is 40.8 Å². The van der Waals surface area contributed by atoms with Crippen molar-refractivity contribution in [3.05, 3.63) is 29.8 Å². The largest absolute Gasteiger partial charge is 0.504 e. The first-order valence-electron chi connectivity index (χ1n) is 8.16. The number of esters is 1. The van der Waals surface area contributed by atoms with E-state index >= 15 is 0 Å². The summed E-state index contributed by atoms with van der Waals surface area (Å²) in [6.45, 7) is 4.01. The molecule has 1 aromatic carbocycles. The molecule has 0 unspecified atom stereocenters. The number of carbonyl (C=O) groups is 1. The number of hydrogen-bond donors (Lipinski definition) is 2. The van der Waals surface area contributed by atoms with Gasteiger partial charge in [-0.15, -0.1) is 0 Å². The molecule has 0 saturated heterocycles. The minimum atomic E-state index is -0.528. The van der Waals surface area contributed by atoms with Gasteiger partial charge in [-0.25, -0.2) is 9.79 Å². The minimum absolute atomic E-state index is 0.0431. The lowest BCUT2D eigenvalue weighted by Gasteiger charge is -2.09. The van der Waals surface area contributed by atoms with Crippen molar-refractivity contribution in [1.29, 1.82) is 0 Å². The molecular formula is C18H27N3O4. The highest BCUT2D eigenvalue weighted by atomic mass is 16.6. The molecule has 0 heterocycles. The van der Waals surface area contributed by atoms with Crippen LogP contribution in [0, 0.1) is 0 Å². The van der Waals surface area contributed by atoms with Crippen LogP contribution in [0.1, 0.15) is 18.9 Å². The third kappa shape index (κ3) is 8.21. The van der Waals surface area contributed by atoms with Gasteiger partial charge in [0.2, 0.25) is 0 Å². The lowest BCUT2D eigenvalue weighted by Crippen LogP contribution is -2.28. The van der Waals surface area contributed by atoms with Crippen LogP contribution >= 0.6 is 0 Å². The number of phenolic OH excluding ortho intramolecular Hbond substituents is 1. The Morgan fingerprint density at radius 1 is 1.40 bits per heavy atom. The van der Waals surface area contributed by atoms with E-state index in [0.717, 1.165) is 13.0 Å². The molecule has 0 amide bonds. The first-order chi connectivity index (χ1) is 12.0. The van der Waals surface area contributed by atoms with E-state index in [9.17, 15) is 9.90 Å². The number of phenols is 1. The van der Waals surface area contributed by atoms with Crippen LogP contribution in [0.15, 0.2) is 29.3 Å². The van der Waals surface area contributed by atoms with Crippen molar-refractivity contribution < 1.29 is 19.4 Å². The zero-order valence-electron chi connectivity index (χ0n) is 15.3. The highest BCUT2D eigenvalue weighted by Crippen LogP contribution is 2.26. The summed E-state index contributed by atoms with van der Waals surface area (Å²) in [6.07, 6.45) is 3.76. The number of aliphatic imine (C=N–C) groups is 1. The third-order valence-electron chi connectivity index (χ3n) is 3.16. The number of nitrogens with one attached hydrogen (secondary N) is 1. The van der Waals surface area contributed by atoms with Crippen LogP contribution in [0.2, 0.25) is 0 Å². The lowest BCUT2D eigenvalue weighted by atomic mass is 10.2. The van der Waals surface area contributed by atoms with Crippen molar-refractivity contribution in [1.82, 2.24) is 10.2 Å². The first kappa shape index (κ1) is 20.5. The van der Waals surface area contributed by atoms with E-state index in [0.29, 0.717) is 24.4 Å². The Kier molecular flexibility index (Phi) is 9.10. The Balaban J connectivity index is 2.63. The second kappa shape index (κ2) is 11.1. The van der Waals surface area contributed by atoms with Gasteiger partial charge in [0, 0.05) is 19.2 Å². The number of ether oxygens (including phenoxy) is 2. The van der Waals surface area contributed by atoms with E-state index in [1.54, 1.807) is 18.2 Å². The number of aromatic hydroxyl groups is 1. The minimum Gasteiger partial charge on any atom is -0.504 e. The molecule has 7 nitrogen and oxygen atoms in total. The summed E-state index contributed by atoms with van der Waals surface area (Å²) in [6, 6.07) is 5.02. The number of amidine groups is 1. The predicted octanol–water partition coefficient (Wildman–Crippen LogP) is 1.87. The Labute approximate surface area is 149 Å². The standard InChI is InChI=1S/C18H27N3O4/c1-5-19-18(20-11-6-12-21(2)3)25-17(23)10-8-14-7-9-15(22)16(13-14)24-4/h7-10,13,22H,5-6,11-12H2,1-4H3,(H,19,20)/b10-8+. The number of rotatable bonds is 8. The van der Waals surface area contributed by atoms with E-state index in [-0.39, 0.29) is 11.8 Å². The average molecular weight is 349 g/mol. The fourth-order valence-electron chi connectivity index (χ4n) is 1.93. The molecular weight excluding hydrogens is 322 g/mol. The van der Waals surface area contributed by atoms with Gasteiger partial charge in [-0.05, 0) is 57.8 Å². The zero-order chi connectivity index (χ0) is 18.7. The van der Waals surface area contributed by atoms with Gasteiger partial charge in [0.25, 0.3) is 6.02 Å². The second-order valence-electron chi connectivity index (χ2n) is 5.56. The molecule has 25 heavy (non-hydrogen) atoms. The molecule has 0 spiro atoms.